The number of aromatic nitrogens is 4. The molecule has 0 amide bonds. The molecule has 0 fully saturated rings. The molecule has 0 atom stereocenters. The quantitative estimate of drug-likeness (QED) is 0.222. The zero-order chi connectivity index (χ0) is 27.3. The van der Waals surface area contributed by atoms with Crippen molar-refractivity contribution in [3.63, 3.8) is 0 Å². The minimum atomic E-state index is 0.605. The predicted molar refractivity (Wildman–Crippen MR) is 169 cm³/mol. The molecule has 0 saturated heterocycles. The summed E-state index contributed by atoms with van der Waals surface area (Å²) in [6.07, 6.45) is 4.52. The molecule has 5 aromatic carbocycles. The molecule has 0 N–H and O–H groups in total. The van der Waals surface area contributed by atoms with Crippen molar-refractivity contribution in [1.82, 2.24) is 19.5 Å². The summed E-state index contributed by atoms with van der Waals surface area (Å²) in [5.41, 5.74) is 7.78. The van der Waals surface area contributed by atoms with Gasteiger partial charge in [-0.1, -0.05) is 120 Å². The van der Waals surface area contributed by atoms with E-state index in [-0.39, 0.29) is 0 Å². The fourth-order valence-corrected chi connectivity index (χ4v) is 6.65. The summed E-state index contributed by atoms with van der Waals surface area (Å²) >= 11 is 1.83. The summed E-state index contributed by atoms with van der Waals surface area (Å²) in [4.78, 5) is 17.5. The van der Waals surface area contributed by atoms with Gasteiger partial charge in [0, 0.05) is 31.7 Å². The second-order valence-electron chi connectivity index (χ2n) is 10.2. The Morgan fingerprint density at radius 1 is 0.585 bits per heavy atom. The van der Waals surface area contributed by atoms with Crippen LogP contribution in [-0.4, -0.2) is 19.5 Å². The molecule has 0 unspecified atom stereocenters. The Bertz CT molecular complexity index is 2070. The number of para-hydroxylation sites is 1. The molecule has 1 aliphatic heterocycles. The van der Waals surface area contributed by atoms with E-state index in [1.165, 1.54) is 37.3 Å². The van der Waals surface area contributed by atoms with Crippen molar-refractivity contribution in [3.05, 3.63) is 132 Å². The molecular formula is C36H24N4S. The van der Waals surface area contributed by atoms with Crippen molar-refractivity contribution < 1.29 is 0 Å². The number of hydrogen-bond donors (Lipinski definition) is 0. The van der Waals surface area contributed by atoms with Gasteiger partial charge >= 0.3 is 0 Å². The Morgan fingerprint density at radius 2 is 1.24 bits per heavy atom. The summed E-state index contributed by atoms with van der Waals surface area (Å²) < 4.78 is 2.19. The second kappa shape index (κ2) is 9.58. The van der Waals surface area contributed by atoms with Crippen molar-refractivity contribution in [1.29, 1.82) is 0 Å². The minimum absolute atomic E-state index is 0.605. The first-order chi connectivity index (χ1) is 20.2. The lowest BCUT2D eigenvalue weighted by Gasteiger charge is -2.11. The first-order valence-electron chi connectivity index (χ1n) is 13.6. The highest BCUT2D eigenvalue weighted by Crippen LogP contribution is 2.44. The SMILES string of the molecule is Cc1ccc2c(c1)C=Cc1c(ccc3c1c1ccccc1n3-c1nc(-c3ccccc3)nc(-c3ccccc3)n1)S2. The van der Waals surface area contributed by atoms with Gasteiger partial charge in [-0.15, -0.1) is 0 Å². The summed E-state index contributed by atoms with van der Waals surface area (Å²) in [6, 6.07) is 39.9. The molecule has 0 aliphatic carbocycles. The molecule has 8 rings (SSSR count). The first kappa shape index (κ1) is 23.9. The molecular weight excluding hydrogens is 520 g/mol. The molecule has 0 bridgehead atoms. The number of hydrogen-bond acceptors (Lipinski definition) is 4. The zero-order valence-electron chi connectivity index (χ0n) is 22.3. The van der Waals surface area contributed by atoms with E-state index in [0.717, 1.165) is 22.2 Å². The smallest absolute Gasteiger partial charge is 0.238 e. The third-order valence-electron chi connectivity index (χ3n) is 7.54. The van der Waals surface area contributed by atoms with Crippen LogP contribution in [0.2, 0.25) is 0 Å². The maximum Gasteiger partial charge on any atom is 0.238 e. The van der Waals surface area contributed by atoms with E-state index in [4.69, 9.17) is 15.0 Å². The third kappa shape index (κ3) is 4.05. The van der Waals surface area contributed by atoms with Crippen LogP contribution in [0.1, 0.15) is 16.7 Å². The van der Waals surface area contributed by atoms with Gasteiger partial charge < -0.3 is 0 Å². The maximum atomic E-state index is 5.06. The predicted octanol–water partition coefficient (Wildman–Crippen LogP) is 9.25. The largest absolute Gasteiger partial charge is 0.278 e. The zero-order valence-corrected chi connectivity index (χ0v) is 23.1. The number of fused-ring (bicyclic) bond motifs is 6. The Kier molecular flexibility index (Phi) is 5.57. The van der Waals surface area contributed by atoms with E-state index >= 15 is 0 Å². The van der Waals surface area contributed by atoms with Crippen LogP contribution in [0.25, 0.3) is 62.7 Å². The van der Waals surface area contributed by atoms with Gasteiger partial charge in [0.05, 0.1) is 11.0 Å². The van der Waals surface area contributed by atoms with Crippen molar-refractivity contribution in [2.75, 3.05) is 0 Å². The van der Waals surface area contributed by atoms with Crippen LogP contribution in [0.3, 0.4) is 0 Å². The van der Waals surface area contributed by atoms with Crippen LogP contribution >= 0.6 is 11.8 Å². The van der Waals surface area contributed by atoms with Crippen LogP contribution in [0.4, 0.5) is 0 Å². The summed E-state index contributed by atoms with van der Waals surface area (Å²) in [7, 11) is 0. The highest BCUT2D eigenvalue weighted by Gasteiger charge is 2.21. The van der Waals surface area contributed by atoms with Gasteiger partial charge in [-0.25, -0.2) is 4.98 Å². The summed E-state index contributed by atoms with van der Waals surface area (Å²) in [6.45, 7) is 2.14. The molecule has 0 spiro atoms. The van der Waals surface area contributed by atoms with E-state index in [9.17, 15) is 0 Å². The van der Waals surface area contributed by atoms with Crippen molar-refractivity contribution in [2.45, 2.75) is 16.7 Å². The summed E-state index contributed by atoms with van der Waals surface area (Å²) in [5.74, 6) is 1.90. The van der Waals surface area contributed by atoms with E-state index in [2.05, 4.69) is 78.2 Å². The van der Waals surface area contributed by atoms with Gasteiger partial charge in [-0.3, -0.25) is 4.57 Å². The van der Waals surface area contributed by atoms with E-state index in [1.807, 2.05) is 72.4 Å². The monoisotopic (exact) mass is 544 g/mol. The first-order valence-corrected chi connectivity index (χ1v) is 14.4. The normalized spacial score (nSPS) is 12.3. The van der Waals surface area contributed by atoms with Crippen LogP contribution in [-0.2, 0) is 0 Å². The minimum Gasteiger partial charge on any atom is -0.278 e. The van der Waals surface area contributed by atoms with Gasteiger partial charge in [0.15, 0.2) is 11.6 Å². The number of rotatable bonds is 3. The molecule has 0 saturated carbocycles. The van der Waals surface area contributed by atoms with Crippen molar-refractivity contribution >= 4 is 45.7 Å². The molecule has 3 heterocycles. The number of aryl methyl sites for hydroxylation is 1. The number of nitrogens with zero attached hydrogens (tertiary/aromatic N) is 4. The highest BCUT2D eigenvalue weighted by molar-refractivity contribution is 7.99. The maximum absolute atomic E-state index is 5.06. The lowest BCUT2D eigenvalue weighted by molar-refractivity contribution is 0.953. The van der Waals surface area contributed by atoms with E-state index in [1.54, 1.807) is 0 Å². The standard InChI is InChI=1S/C36H24N4S/c1-23-16-20-31-26(22-23)17-18-28-32(41-31)21-19-30-33(28)27-14-8-9-15-29(27)40(30)36-38-34(24-10-4-2-5-11-24)37-35(39-36)25-12-6-3-7-13-25/h2-22H,1H3. The average molecular weight is 545 g/mol. The van der Waals surface area contributed by atoms with Gasteiger partial charge in [-0.05, 0) is 42.3 Å². The molecule has 1 aliphatic rings. The number of benzene rings is 5. The van der Waals surface area contributed by atoms with Crippen LogP contribution in [0.5, 0.6) is 0 Å². The molecule has 5 heteroatoms. The summed E-state index contributed by atoms with van der Waals surface area (Å²) in [5, 5.41) is 2.38. The van der Waals surface area contributed by atoms with Crippen LogP contribution < -0.4 is 0 Å². The van der Waals surface area contributed by atoms with E-state index in [0.29, 0.717) is 17.6 Å². The lowest BCUT2D eigenvalue weighted by Crippen LogP contribution is -2.06. The fraction of sp³-hybridized carbons (Fsp3) is 0.0278. The molecule has 4 nitrogen and oxygen atoms in total. The Morgan fingerprint density at radius 3 is 1.98 bits per heavy atom. The third-order valence-corrected chi connectivity index (χ3v) is 8.71. The van der Waals surface area contributed by atoms with Crippen molar-refractivity contribution in [2.24, 2.45) is 0 Å². The Labute approximate surface area is 242 Å². The van der Waals surface area contributed by atoms with Gasteiger partial charge in [0.1, 0.15) is 0 Å². The van der Waals surface area contributed by atoms with E-state index < -0.39 is 0 Å². The van der Waals surface area contributed by atoms with Gasteiger partial charge in [0.25, 0.3) is 0 Å². The average Bonchev–Trinajstić information content (AvgIpc) is 3.25. The highest BCUT2D eigenvalue weighted by atomic mass is 32.2. The van der Waals surface area contributed by atoms with Crippen molar-refractivity contribution in [3.8, 4) is 28.7 Å². The van der Waals surface area contributed by atoms with Gasteiger partial charge in [-0.2, -0.15) is 9.97 Å². The molecule has 0 radical (unpaired) electrons. The molecule has 41 heavy (non-hydrogen) atoms. The molecule has 2 aromatic heterocycles. The Hall–Kier alpha value is -5.00. The molecule has 7 aromatic rings. The Balaban J connectivity index is 1.42. The molecule has 194 valence electrons. The fourth-order valence-electron chi connectivity index (χ4n) is 5.62. The van der Waals surface area contributed by atoms with Crippen LogP contribution in [0, 0.1) is 6.92 Å². The lowest BCUT2D eigenvalue weighted by atomic mass is 10.0. The van der Waals surface area contributed by atoms with Crippen LogP contribution in [0.15, 0.2) is 125 Å². The second-order valence-corrected chi connectivity index (χ2v) is 11.3. The topological polar surface area (TPSA) is 43.6 Å². The van der Waals surface area contributed by atoms with Gasteiger partial charge in [0.2, 0.25) is 5.95 Å².